The fraction of sp³-hybridized carbons (Fsp3) is 0.400. The molecule has 0 amide bonds. The SMILES string of the molecule is CNC(CCO)c1cc(F)c(Cl)cc1Cl. The third-order valence-corrected chi connectivity index (χ3v) is 2.80. The predicted molar refractivity (Wildman–Crippen MR) is 59.9 cm³/mol. The Morgan fingerprint density at radius 2 is 2.07 bits per heavy atom. The first kappa shape index (κ1) is 12.7. The van der Waals surface area contributed by atoms with Gasteiger partial charge < -0.3 is 10.4 Å². The molecule has 0 aliphatic rings. The summed E-state index contributed by atoms with van der Waals surface area (Å²) in [7, 11) is 1.73. The third kappa shape index (κ3) is 3.05. The lowest BCUT2D eigenvalue weighted by atomic mass is 10.0. The van der Waals surface area contributed by atoms with Crippen molar-refractivity contribution in [2.24, 2.45) is 0 Å². The molecule has 0 saturated heterocycles. The molecule has 0 bridgehead atoms. The maximum atomic E-state index is 13.2. The Morgan fingerprint density at radius 1 is 1.40 bits per heavy atom. The lowest BCUT2D eigenvalue weighted by Crippen LogP contribution is -2.18. The minimum Gasteiger partial charge on any atom is -0.396 e. The van der Waals surface area contributed by atoms with E-state index in [1.54, 1.807) is 7.05 Å². The normalized spacial score (nSPS) is 12.9. The van der Waals surface area contributed by atoms with Gasteiger partial charge in [-0.25, -0.2) is 4.39 Å². The zero-order valence-corrected chi connectivity index (χ0v) is 9.74. The van der Waals surface area contributed by atoms with E-state index in [9.17, 15) is 4.39 Å². The van der Waals surface area contributed by atoms with Gasteiger partial charge in [-0.3, -0.25) is 0 Å². The molecule has 2 N–H and O–H groups in total. The second-order valence-corrected chi connectivity index (χ2v) is 3.96. The number of hydrogen-bond donors (Lipinski definition) is 2. The highest BCUT2D eigenvalue weighted by atomic mass is 35.5. The second kappa shape index (κ2) is 5.66. The summed E-state index contributed by atoms with van der Waals surface area (Å²) in [6.45, 7) is 0.00603. The van der Waals surface area contributed by atoms with Crippen molar-refractivity contribution in [1.82, 2.24) is 5.32 Å². The first-order valence-corrected chi connectivity index (χ1v) is 5.28. The Morgan fingerprint density at radius 3 is 2.60 bits per heavy atom. The number of aliphatic hydroxyl groups excluding tert-OH is 1. The van der Waals surface area contributed by atoms with Gasteiger partial charge in [-0.15, -0.1) is 0 Å². The lowest BCUT2D eigenvalue weighted by Gasteiger charge is -2.17. The van der Waals surface area contributed by atoms with Gasteiger partial charge in [0.1, 0.15) is 5.82 Å². The summed E-state index contributed by atoms with van der Waals surface area (Å²) in [6, 6.07) is 2.49. The minimum absolute atomic E-state index is 0.00241. The van der Waals surface area contributed by atoms with Crippen molar-refractivity contribution in [3.05, 3.63) is 33.6 Å². The smallest absolute Gasteiger partial charge is 0.142 e. The maximum Gasteiger partial charge on any atom is 0.142 e. The monoisotopic (exact) mass is 251 g/mol. The van der Waals surface area contributed by atoms with Crippen molar-refractivity contribution in [1.29, 1.82) is 0 Å². The van der Waals surface area contributed by atoms with Crippen molar-refractivity contribution < 1.29 is 9.50 Å². The molecular formula is C10H12Cl2FNO. The lowest BCUT2D eigenvalue weighted by molar-refractivity contribution is 0.268. The quantitative estimate of drug-likeness (QED) is 0.807. The molecule has 15 heavy (non-hydrogen) atoms. The molecule has 1 aromatic carbocycles. The van der Waals surface area contributed by atoms with E-state index in [1.807, 2.05) is 0 Å². The molecule has 1 aromatic rings. The molecule has 0 aliphatic heterocycles. The van der Waals surface area contributed by atoms with Gasteiger partial charge in [0, 0.05) is 17.7 Å². The Labute approximate surface area is 98.0 Å². The zero-order chi connectivity index (χ0) is 11.4. The molecule has 0 aromatic heterocycles. The molecule has 1 rings (SSSR count). The standard InChI is InChI=1S/C10H12Cl2FNO/c1-14-10(2-3-15)6-4-9(13)8(12)5-7(6)11/h4-5,10,14-15H,2-3H2,1H3. The van der Waals surface area contributed by atoms with Crippen molar-refractivity contribution in [3.63, 3.8) is 0 Å². The zero-order valence-electron chi connectivity index (χ0n) is 8.23. The van der Waals surface area contributed by atoms with Crippen LogP contribution in [-0.4, -0.2) is 18.8 Å². The maximum absolute atomic E-state index is 13.2. The Bertz CT molecular complexity index is 346. The van der Waals surface area contributed by atoms with Crippen LogP contribution in [0.1, 0.15) is 18.0 Å². The molecule has 0 heterocycles. The Hall–Kier alpha value is -0.350. The van der Waals surface area contributed by atoms with Crippen LogP contribution in [0.2, 0.25) is 10.0 Å². The topological polar surface area (TPSA) is 32.3 Å². The molecular weight excluding hydrogens is 240 g/mol. The van der Waals surface area contributed by atoms with E-state index >= 15 is 0 Å². The van der Waals surface area contributed by atoms with Crippen LogP contribution in [0.5, 0.6) is 0 Å². The largest absolute Gasteiger partial charge is 0.396 e. The van der Waals surface area contributed by atoms with Crippen molar-refractivity contribution >= 4 is 23.2 Å². The summed E-state index contributed by atoms with van der Waals surface area (Å²) in [5, 5.41) is 12.2. The van der Waals surface area contributed by atoms with Gasteiger partial charge in [-0.2, -0.15) is 0 Å². The summed E-state index contributed by atoms with van der Waals surface area (Å²) in [5.41, 5.74) is 0.607. The van der Waals surface area contributed by atoms with Crippen molar-refractivity contribution in [2.45, 2.75) is 12.5 Å². The van der Waals surface area contributed by atoms with E-state index in [2.05, 4.69) is 5.32 Å². The fourth-order valence-corrected chi connectivity index (χ4v) is 1.90. The summed E-state index contributed by atoms with van der Waals surface area (Å²) < 4.78 is 13.2. The van der Waals surface area contributed by atoms with Crippen LogP contribution in [0.4, 0.5) is 4.39 Å². The van der Waals surface area contributed by atoms with E-state index in [0.29, 0.717) is 17.0 Å². The van der Waals surface area contributed by atoms with Crippen molar-refractivity contribution in [2.75, 3.05) is 13.7 Å². The number of hydrogen-bond acceptors (Lipinski definition) is 2. The number of benzene rings is 1. The van der Waals surface area contributed by atoms with Gasteiger partial charge in [-0.1, -0.05) is 23.2 Å². The van der Waals surface area contributed by atoms with Crippen molar-refractivity contribution in [3.8, 4) is 0 Å². The average Bonchev–Trinajstić information content (AvgIpc) is 2.20. The van der Waals surface area contributed by atoms with Crippen LogP contribution in [0.25, 0.3) is 0 Å². The van der Waals surface area contributed by atoms with Gasteiger partial charge in [0.15, 0.2) is 0 Å². The van der Waals surface area contributed by atoms with Crippen LogP contribution >= 0.6 is 23.2 Å². The van der Waals surface area contributed by atoms with Gasteiger partial charge in [-0.05, 0) is 31.2 Å². The molecule has 5 heteroatoms. The van der Waals surface area contributed by atoms with E-state index in [-0.39, 0.29) is 17.7 Å². The van der Waals surface area contributed by atoms with E-state index < -0.39 is 5.82 Å². The predicted octanol–water partition coefficient (Wildman–Crippen LogP) is 2.78. The third-order valence-electron chi connectivity index (χ3n) is 2.18. The van der Waals surface area contributed by atoms with Crippen LogP contribution in [0, 0.1) is 5.82 Å². The number of rotatable bonds is 4. The minimum atomic E-state index is -0.505. The summed E-state index contributed by atoms with van der Waals surface area (Å²) in [4.78, 5) is 0. The Balaban J connectivity index is 3.06. The molecule has 0 aliphatic carbocycles. The van der Waals surface area contributed by atoms with Crippen LogP contribution in [0.15, 0.2) is 12.1 Å². The molecule has 0 saturated carbocycles. The van der Waals surface area contributed by atoms with E-state index in [1.165, 1.54) is 12.1 Å². The van der Waals surface area contributed by atoms with Gasteiger partial charge in [0.25, 0.3) is 0 Å². The molecule has 1 atom stereocenters. The van der Waals surface area contributed by atoms with E-state index in [4.69, 9.17) is 28.3 Å². The highest BCUT2D eigenvalue weighted by Gasteiger charge is 2.15. The number of halogens is 3. The number of nitrogens with one attached hydrogen (secondary N) is 1. The molecule has 2 nitrogen and oxygen atoms in total. The van der Waals surface area contributed by atoms with Gasteiger partial charge in [0.2, 0.25) is 0 Å². The van der Waals surface area contributed by atoms with Gasteiger partial charge >= 0.3 is 0 Å². The highest BCUT2D eigenvalue weighted by molar-refractivity contribution is 6.35. The van der Waals surface area contributed by atoms with Crippen LogP contribution in [0.3, 0.4) is 0 Å². The molecule has 0 radical (unpaired) electrons. The summed E-state index contributed by atoms with van der Waals surface area (Å²) in [5.74, 6) is -0.505. The second-order valence-electron chi connectivity index (χ2n) is 3.14. The number of aliphatic hydroxyl groups is 1. The fourth-order valence-electron chi connectivity index (χ4n) is 1.39. The van der Waals surface area contributed by atoms with Crippen LogP contribution in [-0.2, 0) is 0 Å². The average molecular weight is 252 g/mol. The molecule has 1 unspecified atom stereocenters. The molecule has 0 spiro atoms. The Kier molecular flexibility index (Phi) is 4.80. The van der Waals surface area contributed by atoms with Gasteiger partial charge in [0.05, 0.1) is 5.02 Å². The highest BCUT2D eigenvalue weighted by Crippen LogP contribution is 2.29. The summed E-state index contributed by atoms with van der Waals surface area (Å²) >= 11 is 11.5. The summed E-state index contributed by atoms with van der Waals surface area (Å²) in [6.07, 6.45) is 0.470. The van der Waals surface area contributed by atoms with Crippen LogP contribution < -0.4 is 5.32 Å². The molecule has 84 valence electrons. The first-order valence-electron chi connectivity index (χ1n) is 4.52. The first-order chi connectivity index (χ1) is 7.10. The molecule has 0 fully saturated rings. The van der Waals surface area contributed by atoms with E-state index in [0.717, 1.165) is 0 Å².